The van der Waals surface area contributed by atoms with E-state index in [1.54, 1.807) is 0 Å². The number of hydrogen-bond acceptors (Lipinski definition) is 6. The van der Waals surface area contributed by atoms with Crippen LogP contribution in [-0.2, 0) is 21.0 Å². The molecule has 1 aromatic rings. The smallest absolute Gasteiger partial charge is 0.416 e. The first-order valence-electron chi connectivity index (χ1n) is 10.2. The van der Waals surface area contributed by atoms with Crippen molar-refractivity contribution in [1.82, 2.24) is 14.7 Å². The van der Waals surface area contributed by atoms with Crippen LogP contribution in [0.15, 0.2) is 24.3 Å². The van der Waals surface area contributed by atoms with Crippen molar-refractivity contribution >= 4 is 22.0 Å². The number of carbonyl (C=O) groups is 2. The molecule has 33 heavy (non-hydrogen) atoms. The summed E-state index contributed by atoms with van der Waals surface area (Å²) in [6.07, 6.45) is -6.28. The second kappa shape index (κ2) is 9.35. The third-order valence-electron chi connectivity index (χ3n) is 6.08. The van der Waals surface area contributed by atoms with E-state index in [-0.39, 0.29) is 57.6 Å². The lowest BCUT2D eigenvalue weighted by molar-refractivity contribution is -0.137. The lowest BCUT2D eigenvalue weighted by Gasteiger charge is -2.42. The van der Waals surface area contributed by atoms with E-state index in [1.165, 1.54) is 17.6 Å². The van der Waals surface area contributed by atoms with Crippen LogP contribution in [0.3, 0.4) is 0 Å². The molecule has 2 saturated heterocycles. The zero-order valence-corrected chi connectivity index (χ0v) is 18.2. The van der Waals surface area contributed by atoms with Gasteiger partial charge in [-0.15, -0.1) is 0 Å². The zero-order chi connectivity index (χ0) is 24.4. The van der Waals surface area contributed by atoms with Gasteiger partial charge in [-0.1, -0.05) is 0 Å². The number of alkyl halides is 3. The van der Waals surface area contributed by atoms with Crippen molar-refractivity contribution in [2.24, 2.45) is 0 Å². The average Bonchev–Trinajstić information content (AvgIpc) is 2.78. The number of sulfonamides is 1. The maximum absolute atomic E-state index is 13.4. The number of likely N-dealkylation sites (tertiary alicyclic amines) is 1. The maximum atomic E-state index is 13.4. The maximum Gasteiger partial charge on any atom is 0.416 e. The van der Waals surface area contributed by atoms with Gasteiger partial charge in [0, 0.05) is 26.2 Å². The molecule has 3 rings (SSSR count). The topological polar surface area (TPSA) is 136 Å². The second-order valence-corrected chi connectivity index (χ2v) is 10.2. The van der Waals surface area contributed by atoms with E-state index in [4.69, 9.17) is 15.1 Å². The van der Waals surface area contributed by atoms with Gasteiger partial charge in [0.15, 0.2) is 4.75 Å². The molecule has 14 heteroatoms. The Hall–Kier alpha value is -2.58. The van der Waals surface area contributed by atoms with E-state index in [2.05, 4.69) is 0 Å². The van der Waals surface area contributed by atoms with Crippen LogP contribution in [0, 0.1) is 0 Å². The van der Waals surface area contributed by atoms with E-state index in [9.17, 15) is 31.2 Å². The van der Waals surface area contributed by atoms with E-state index >= 15 is 0 Å². The number of carboxylic acid groups (broad SMARTS) is 1. The van der Waals surface area contributed by atoms with Crippen LogP contribution in [0.1, 0.15) is 31.2 Å². The number of hydroxylamine groups is 1. The Labute approximate surface area is 187 Å². The molecule has 0 unspecified atom stereocenters. The average molecular weight is 495 g/mol. The molecular weight excluding hydrogens is 471 g/mol. The van der Waals surface area contributed by atoms with Crippen LogP contribution >= 0.6 is 0 Å². The molecule has 0 saturated carbocycles. The fourth-order valence-corrected chi connectivity index (χ4v) is 6.28. The summed E-state index contributed by atoms with van der Waals surface area (Å²) >= 11 is 0. The number of rotatable bonds is 5. The summed E-state index contributed by atoms with van der Waals surface area (Å²) in [6, 6.07) is 4.19. The Morgan fingerprint density at radius 1 is 1.06 bits per heavy atom. The number of amides is 2. The lowest BCUT2D eigenvalue weighted by Crippen LogP contribution is -2.62. The van der Waals surface area contributed by atoms with Crippen LogP contribution in [0.5, 0.6) is 5.75 Å². The third kappa shape index (κ3) is 5.01. The van der Waals surface area contributed by atoms with Gasteiger partial charge in [0.25, 0.3) is 5.91 Å². The fraction of sp³-hybridized carbons (Fsp3) is 0.579. The minimum atomic E-state index is -4.46. The molecular formula is C19H24F3N3O7S. The van der Waals surface area contributed by atoms with Gasteiger partial charge >= 0.3 is 12.3 Å². The Morgan fingerprint density at radius 3 is 2.06 bits per heavy atom. The minimum absolute atomic E-state index is 0.00324. The molecule has 0 aromatic heterocycles. The first-order chi connectivity index (χ1) is 15.4. The van der Waals surface area contributed by atoms with Gasteiger partial charge in [0.05, 0.1) is 5.56 Å². The number of benzene rings is 1. The molecule has 2 aliphatic heterocycles. The lowest BCUT2D eigenvalue weighted by atomic mass is 9.95. The quantitative estimate of drug-likeness (QED) is 0.419. The van der Waals surface area contributed by atoms with Crippen LogP contribution in [0.4, 0.5) is 18.0 Å². The predicted molar refractivity (Wildman–Crippen MR) is 107 cm³/mol. The summed E-state index contributed by atoms with van der Waals surface area (Å²) in [5.41, 5.74) is 0.598. The Bertz CT molecular complexity index is 969. The van der Waals surface area contributed by atoms with E-state index in [0.717, 1.165) is 21.3 Å². The van der Waals surface area contributed by atoms with Crippen molar-refractivity contribution in [3.63, 3.8) is 0 Å². The van der Waals surface area contributed by atoms with E-state index in [0.29, 0.717) is 0 Å². The van der Waals surface area contributed by atoms with Crippen LogP contribution in [-0.4, -0.2) is 77.0 Å². The number of piperidine rings is 2. The summed E-state index contributed by atoms with van der Waals surface area (Å²) in [7, 11) is -4.26. The number of nitrogens with zero attached hydrogens (tertiary/aromatic N) is 2. The largest absolute Gasteiger partial charge is 0.490 e. The number of nitrogens with one attached hydrogen (secondary N) is 1. The molecule has 0 bridgehead atoms. The van der Waals surface area contributed by atoms with Gasteiger partial charge in [0.1, 0.15) is 11.9 Å². The molecule has 0 aliphatic carbocycles. The highest BCUT2D eigenvalue weighted by molar-refractivity contribution is 7.91. The first kappa shape index (κ1) is 25.1. The SMILES string of the molecule is O=C(O)N1CCC(C(=O)NO)(S(=O)(=O)N2CCC(Oc3ccc(C(F)(F)F)cc3)CC2)CC1. The third-order valence-corrected chi connectivity index (χ3v) is 8.70. The number of hydrogen-bond donors (Lipinski definition) is 3. The molecule has 10 nitrogen and oxygen atoms in total. The molecule has 1 aromatic carbocycles. The Balaban J connectivity index is 1.67. The predicted octanol–water partition coefficient (Wildman–Crippen LogP) is 1.90. The molecule has 2 aliphatic rings. The molecule has 0 radical (unpaired) electrons. The highest BCUT2D eigenvalue weighted by Crippen LogP contribution is 2.36. The highest BCUT2D eigenvalue weighted by Gasteiger charge is 2.55. The molecule has 2 amide bonds. The summed E-state index contributed by atoms with van der Waals surface area (Å²) in [5, 5.41) is 18.3. The molecule has 184 valence electrons. The highest BCUT2D eigenvalue weighted by atomic mass is 32.2. The molecule has 3 N–H and O–H groups in total. The molecule has 2 fully saturated rings. The van der Waals surface area contributed by atoms with Gasteiger partial charge in [-0.3, -0.25) is 10.0 Å². The Morgan fingerprint density at radius 2 is 1.61 bits per heavy atom. The van der Waals surface area contributed by atoms with Crippen molar-refractivity contribution < 1.29 is 46.2 Å². The molecule has 2 heterocycles. The number of carbonyl (C=O) groups excluding carboxylic acids is 1. The second-order valence-electron chi connectivity index (χ2n) is 7.95. The monoisotopic (exact) mass is 495 g/mol. The van der Waals surface area contributed by atoms with Crippen molar-refractivity contribution in [3.05, 3.63) is 29.8 Å². The minimum Gasteiger partial charge on any atom is -0.490 e. The van der Waals surface area contributed by atoms with E-state index in [1.807, 2.05) is 0 Å². The van der Waals surface area contributed by atoms with Gasteiger partial charge in [-0.2, -0.15) is 13.2 Å². The van der Waals surface area contributed by atoms with Crippen LogP contribution < -0.4 is 10.2 Å². The first-order valence-corrected chi connectivity index (χ1v) is 11.6. The molecule has 0 spiro atoms. The van der Waals surface area contributed by atoms with Crippen LogP contribution in [0.2, 0.25) is 0 Å². The number of ether oxygens (including phenoxy) is 1. The standard InChI is InChI=1S/C19H24F3N3O7S/c20-19(21,22)13-1-3-14(4-2-13)32-15-5-9-25(10-6-15)33(30,31)18(16(26)23-29)7-11-24(12-8-18)17(27)28/h1-4,15,29H,5-12H2,(H,23,26)(H,27,28). The van der Waals surface area contributed by atoms with Gasteiger partial charge in [0.2, 0.25) is 10.0 Å². The van der Waals surface area contributed by atoms with Crippen molar-refractivity contribution in [1.29, 1.82) is 0 Å². The van der Waals surface area contributed by atoms with E-state index < -0.39 is 44.6 Å². The Kier molecular flexibility index (Phi) is 7.10. The van der Waals surface area contributed by atoms with Crippen molar-refractivity contribution in [2.75, 3.05) is 26.2 Å². The fourth-order valence-electron chi connectivity index (χ4n) is 4.12. The van der Waals surface area contributed by atoms with Crippen LogP contribution in [0.25, 0.3) is 0 Å². The summed E-state index contributed by atoms with van der Waals surface area (Å²) < 4.78 is 69.6. The summed E-state index contributed by atoms with van der Waals surface area (Å²) in [6.45, 7) is -0.377. The van der Waals surface area contributed by atoms with Crippen molar-refractivity contribution in [2.45, 2.75) is 42.7 Å². The van der Waals surface area contributed by atoms with Gasteiger partial charge in [-0.05, 0) is 49.9 Å². The number of halogens is 3. The van der Waals surface area contributed by atoms with Gasteiger partial charge < -0.3 is 14.7 Å². The summed E-state index contributed by atoms with van der Waals surface area (Å²) in [4.78, 5) is 24.6. The van der Waals surface area contributed by atoms with Gasteiger partial charge in [-0.25, -0.2) is 23.0 Å². The van der Waals surface area contributed by atoms with Crippen molar-refractivity contribution in [3.8, 4) is 5.75 Å². The zero-order valence-electron chi connectivity index (χ0n) is 17.4. The normalized spacial score (nSPS) is 20.3. The molecule has 0 atom stereocenters. The summed E-state index contributed by atoms with van der Waals surface area (Å²) in [5.74, 6) is -0.892.